The number of aryl methyl sites for hydroxylation is 4. The molecule has 3 aliphatic heterocycles. The number of benzene rings is 8. The minimum absolute atomic E-state index is 0.00258. The van der Waals surface area contributed by atoms with Gasteiger partial charge in [0.2, 0.25) is 40.1 Å². The van der Waals surface area contributed by atoms with E-state index in [1.807, 2.05) is 192 Å². The Labute approximate surface area is 878 Å². The summed E-state index contributed by atoms with van der Waals surface area (Å²) >= 11 is 31.4. The molecule has 3 fully saturated rings. The zero-order valence-corrected chi connectivity index (χ0v) is 88.4. The molecule has 0 atom stereocenters. The number of ether oxygens (including phenoxy) is 2. The summed E-state index contributed by atoms with van der Waals surface area (Å²) in [5.74, 6) is 2.51. The van der Waals surface area contributed by atoms with Crippen LogP contribution in [0.3, 0.4) is 0 Å². The standard InChI is InChI=1S/C27H30ClN7O2S.C26H26Cl2N6O3S.C26H27ClN6O3S.C24H25ClN6O2S/c1-19-3-5-22(15-25(19)28)32-27-24-14-20(4-6-26(24)30-18-31-27)21-13-23(17-29-16-21)33-38(36,37)12-11-35-9-7-34(2)8-10-35;1-17-2-4-20(14-22(17)27)32-26-21-12-18(3-5-23(21)30-16-31-26)19-13-24(25(28)29-15-19)33-38(35,36)11-8-34-6-9-37-10-7-34;1-18-2-4-21(14-24(18)27)31-26-23-13-19(3-5-25(23)29-17-30-26)20-12-22(16-28-15-20)32-37(34,35)11-8-33-6-9-36-10-7-33;1-16-4-6-19(12-22(16)25)29-24-21-11-17(5-7-23(21)27-15-28-24)18-10-20(14-26-13-18)30-34(32,33)9-8-31(2)3/h3-6,13-18,33H,7-12H2,1-2H3,(H,30,31,32);2-5,12-16,33H,6-11H2,1H3,(H,30,31,32);2-5,12-17,32H,6-11H2,1H3,(H,29,30,31);4-7,10-15,30H,8-9H2,1-3H3,(H,27,28,29). The van der Waals surface area contributed by atoms with Crippen LogP contribution in [0.4, 0.5) is 68.8 Å². The molecule has 11 heterocycles. The molecule has 19 rings (SSSR count). The fraction of sp³-hybridized carbons (Fsp3) is 0.262. The Morgan fingerprint density at radius 2 is 0.599 bits per heavy atom. The van der Waals surface area contributed by atoms with Gasteiger partial charge in [0.15, 0.2) is 5.15 Å². The third kappa shape index (κ3) is 30.0. The number of nitrogens with one attached hydrogen (secondary N) is 8. The summed E-state index contributed by atoms with van der Waals surface area (Å²) in [6.45, 7) is 18.6. The lowest BCUT2D eigenvalue weighted by atomic mass is 10.0. The summed E-state index contributed by atoms with van der Waals surface area (Å²) in [7, 11) is -8.42. The summed E-state index contributed by atoms with van der Waals surface area (Å²) in [5, 5.41) is 19.2. The second-order valence-corrected chi connectivity index (χ2v) is 45.0. The summed E-state index contributed by atoms with van der Waals surface area (Å²) in [5.41, 5.74) is 18.1. The van der Waals surface area contributed by atoms with Crippen LogP contribution in [-0.4, -0.2) is 267 Å². The van der Waals surface area contributed by atoms with E-state index in [0.29, 0.717) is 132 Å². The van der Waals surface area contributed by atoms with Gasteiger partial charge in [0.1, 0.15) is 48.6 Å². The third-order valence-electron chi connectivity index (χ3n) is 24.4. The van der Waals surface area contributed by atoms with Gasteiger partial charge in [0.05, 0.1) is 113 Å². The summed E-state index contributed by atoms with van der Waals surface area (Å²) in [4.78, 5) is 62.6. The van der Waals surface area contributed by atoms with Gasteiger partial charge in [-0.1, -0.05) is 107 Å². The number of rotatable bonds is 32. The van der Waals surface area contributed by atoms with E-state index in [1.165, 1.54) is 43.9 Å². The van der Waals surface area contributed by atoms with Gasteiger partial charge in [-0.3, -0.25) is 48.5 Å². The normalized spacial score (nSPS) is 14.0. The number of hydrogen-bond donors (Lipinski definition) is 8. The van der Waals surface area contributed by atoms with E-state index in [9.17, 15) is 33.7 Å². The molecule has 35 nitrogen and oxygen atoms in total. The maximum Gasteiger partial charge on any atom is 0.234 e. The number of morpholine rings is 2. The fourth-order valence-corrected chi connectivity index (χ4v) is 21.2. The highest BCUT2D eigenvalue weighted by Gasteiger charge is 2.25. The van der Waals surface area contributed by atoms with Gasteiger partial charge in [-0.25, -0.2) is 78.5 Å². The van der Waals surface area contributed by atoms with Gasteiger partial charge in [0, 0.05) is 190 Å². The van der Waals surface area contributed by atoms with Crippen molar-refractivity contribution in [3.63, 3.8) is 0 Å². The second-order valence-electron chi connectivity index (χ2n) is 35.7. The minimum atomic E-state index is -3.64. The number of hydrogen-bond acceptors (Lipinski definition) is 31. The molecule has 3 saturated heterocycles. The molecule has 0 spiro atoms. The van der Waals surface area contributed by atoms with Crippen molar-refractivity contribution in [1.82, 2.24) is 84.3 Å². The molecular weight excluding hydrogens is 2050 g/mol. The monoisotopic (exact) mass is 2160 g/mol. The number of piperazine rings is 1. The number of fused-ring (bicyclic) bond motifs is 4. The fourth-order valence-electron chi connectivity index (χ4n) is 15.9. The number of nitrogens with zero attached hydrogens (tertiary/aromatic N) is 17. The van der Waals surface area contributed by atoms with Gasteiger partial charge < -0.3 is 40.5 Å². The van der Waals surface area contributed by atoms with E-state index in [0.717, 1.165) is 167 Å². The lowest BCUT2D eigenvalue weighted by Gasteiger charge is -2.32. The highest BCUT2D eigenvalue weighted by molar-refractivity contribution is 7.93. The van der Waals surface area contributed by atoms with Crippen LogP contribution in [0.5, 0.6) is 0 Å². The van der Waals surface area contributed by atoms with Crippen molar-refractivity contribution in [3.8, 4) is 44.5 Å². The van der Waals surface area contributed by atoms with E-state index >= 15 is 0 Å². The molecule has 8 aromatic carbocycles. The topological polar surface area (TPSA) is 422 Å². The predicted molar refractivity (Wildman–Crippen MR) is 591 cm³/mol. The van der Waals surface area contributed by atoms with Crippen LogP contribution < -0.4 is 40.2 Å². The van der Waals surface area contributed by atoms with Crippen molar-refractivity contribution in [1.29, 1.82) is 0 Å². The third-order valence-corrected chi connectivity index (χ3v) is 31.4. The molecule has 8 N–H and O–H groups in total. The maximum atomic E-state index is 12.8. The van der Waals surface area contributed by atoms with Crippen molar-refractivity contribution in [3.05, 3.63) is 286 Å². The molecule has 0 bridgehead atoms. The van der Waals surface area contributed by atoms with E-state index < -0.39 is 40.1 Å². The number of sulfonamides is 4. The van der Waals surface area contributed by atoms with Crippen LogP contribution >= 0.6 is 58.0 Å². The zero-order chi connectivity index (χ0) is 104. The number of anilines is 12. The first-order chi connectivity index (χ1) is 70.6. The molecule has 16 aromatic rings. The SMILES string of the molecule is Cc1ccc(Nc2ncnc3ccc(-c4cnc(Cl)c(NS(=O)(=O)CCN5CCOCC5)c4)cc23)cc1Cl.Cc1ccc(Nc2ncnc3ccc(-c4cncc(NS(=O)(=O)CCN(C)C)c4)cc23)cc1Cl.Cc1ccc(Nc2ncnc3ccc(-c4cncc(NS(=O)(=O)CCN5CCN(C)CC5)c4)cc23)cc1Cl.Cc1ccc(Nc2ncnc3ccc(-c4cncc(NS(=O)(=O)CCN5CCOCC5)c4)cc23)cc1Cl. The summed E-state index contributed by atoms with van der Waals surface area (Å²) in [6.07, 6.45) is 17.2. The Morgan fingerprint density at radius 1 is 0.306 bits per heavy atom. The van der Waals surface area contributed by atoms with Crippen LogP contribution in [0, 0.1) is 27.7 Å². The van der Waals surface area contributed by atoms with Gasteiger partial charge in [-0.05, 0) is 215 Å². The highest BCUT2D eigenvalue weighted by Crippen LogP contribution is 2.39. The van der Waals surface area contributed by atoms with E-state index in [-0.39, 0.29) is 33.9 Å². The first kappa shape index (κ1) is 107. The average Bonchev–Trinajstić information content (AvgIpc) is 0.799. The predicted octanol–water partition coefficient (Wildman–Crippen LogP) is 18.7. The molecule has 8 aromatic heterocycles. The molecule has 0 saturated carbocycles. The Bertz CT molecular complexity index is 7950. The Kier molecular flexibility index (Phi) is 35.5. The smallest absolute Gasteiger partial charge is 0.234 e. The van der Waals surface area contributed by atoms with Crippen LogP contribution in [0.15, 0.2) is 239 Å². The van der Waals surface area contributed by atoms with Gasteiger partial charge >= 0.3 is 0 Å². The molecule has 44 heteroatoms. The quantitative estimate of drug-likeness (QED) is 0.0182. The Morgan fingerprint density at radius 3 is 0.905 bits per heavy atom. The van der Waals surface area contributed by atoms with Crippen LogP contribution in [0.1, 0.15) is 22.3 Å². The molecule has 147 heavy (non-hydrogen) atoms. The Hall–Kier alpha value is -12.9. The van der Waals surface area contributed by atoms with Gasteiger partial charge in [0.25, 0.3) is 0 Å². The summed E-state index contributed by atoms with van der Waals surface area (Å²) < 4.78 is 123. The van der Waals surface area contributed by atoms with Crippen molar-refractivity contribution in [2.75, 3.05) is 189 Å². The van der Waals surface area contributed by atoms with Gasteiger partial charge in [-0.15, -0.1) is 0 Å². The molecule has 3 aliphatic rings. The summed E-state index contributed by atoms with van der Waals surface area (Å²) in [6, 6.07) is 53.0. The first-order valence-electron chi connectivity index (χ1n) is 46.9. The molecule has 0 radical (unpaired) electrons. The van der Waals surface area contributed by atoms with E-state index in [2.05, 4.69) is 127 Å². The number of likely N-dealkylation sites (N-methyl/N-ethyl adjacent to an activating group) is 1. The molecule has 764 valence electrons. The number of pyridine rings is 4. The van der Waals surface area contributed by atoms with Crippen LogP contribution in [0.25, 0.3) is 88.1 Å². The average molecular weight is 2160 g/mol. The van der Waals surface area contributed by atoms with Crippen molar-refractivity contribution in [2.24, 2.45) is 0 Å². The number of halogens is 5. The van der Waals surface area contributed by atoms with E-state index in [4.69, 9.17) is 67.5 Å². The largest absolute Gasteiger partial charge is 0.379 e. The van der Waals surface area contributed by atoms with Crippen LogP contribution in [-0.2, 0) is 49.6 Å². The Balaban J connectivity index is 0.000000140. The second kappa shape index (κ2) is 48.8. The first-order valence-corrected chi connectivity index (χ1v) is 55.4. The van der Waals surface area contributed by atoms with Crippen LogP contribution in [0.2, 0.25) is 25.2 Å². The zero-order valence-electron chi connectivity index (χ0n) is 81.4. The van der Waals surface area contributed by atoms with E-state index in [1.54, 1.807) is 49.1 Å². The van der Waals surface area contributed by atoms with Gasteiger partial charge in [-0.2, -0.15) is 0 Å². The molecule has 0 aliphatic carbocycles. The molecule has 0 unspecified atom stereocenters. The van der Waals surface area contributed by atoms with Crippen molar-refractivity contribution >= 4 is 210 Å². The molecule has 0 amide bonds. The highest BCUT2D eigenvalue weighted by atomic mass is 35.5. The van der Waals surface area contributed by atoms with Crippen molar-refractivity contribution < 1.29 is 43.1 Å². The lowest BCUT2D eigenvalue weighted by Crippen LogP contribution is -2.46. The number of aromatic nitrogens is 12. The maximum absolute atomic E-state index is 12.8. The minimum Gasteiger partial charge on any atom is -0.379 e. The van der Waals surface area contributed by atoms with Crippen molar-refractivity contribution in [2.45, 2.75) is 27.7 Å². The molecular formula is C103H108Cl5N25O10S4. The lowest BCUT2D eigenvalue weighted by molar-refractivity contribution is 0.0408.